The predicted octanol–water partition coefficient (Wildman–Crippen LogP) is 3.58. The zero-order valence-corrected chi connectivity index (χ0v) is 15.2. The molecule has 126 valence electrons. The fourth-order valence-corrected chi connectivity index (χ4v) is 4.12. The minimum Gasteiger partial charge on any atom is -0.349 e. The van der Waals surface area contributed by atoms with Gasteiger partial charge in [-0.2, -0.15) is 0 Å². The van der Waals surface area contributed by atoms with Gasteiger partial charge in [0, 0.05) is 18.7 Å². The summed E-state index contributed by atoms with van der Waals surface area (Å²) in [5.41, 5.74) is 1.54. The highest BCUT2D eigenvalue weighted by Gasteiger charge is 2.28. The number of nitrogens with zero attached hydrogens (tertiary/aromatic N) is 1. The molecule has 2 aliphatic rings. The first-order chi connectivity index (χ1) is 11.5. The molecule has 1 saturated heterocycles. The van der Waals surface area contributed by atoms with Gasteiger partial charge < -0.3 is 5.32 Å². The lowest BCUT2D eigenvalue weighted by atomic mass is 9.95. The molecular weight excluding hydrogens is 340 g/mol. The Balaban J connectivity index is 1.66. The molecule has 0 radical (unpaired) electrons. The molecule has 0 atom stereocenters. The monoisotopic (exact) mass is 360 g/mol. The van der Waals surface area contributed by atoms with Crippen molar-refractivity contribution in [1.82, 2.24) is 10.2 Å². The van der Waals surface area contributed by atoms with E-state index in [1.807, 2.05) is 18.2 Å². The molecule has 1 saturated carbocycles. The number of hydrogen-bond donors (Lipinski definition) is 1. The number of nitrogens with one attached hydrogen (secondary N) is 1. The van der Waals surface area contributed by atoms with Gasteiger partial charge in [-0.05, 0) is 36.6 Å². The molecule has 4 nitrogen and oxygen atoms in total. The third-order valence-electron chi connectivity index (χ3n) is 4.40. The smallest absolute Gasteiger partial charge is 0.265 e. The highest BCUT2D eigenvalue weighted by Crippen LogP contribution is 2.31. The number of hydrogen-bond acceptors (Lipinski definition) is 4. The van der Waals surface area contributed by atoms with E-state index in [1.165, 1.54) is 35.9 Å². The molecule has 1 heterocycles. The van der Waals surface area contributed by atoms with Crippen molar-refractivity contribution in [3.05, 3.63) is 40.3 Å². The molecule has 3 rings (SSSR count). The predicted molar refractivity (Wildman–Crippen MR) is 102 cm³/mol. The highest BCUT2D eigenvalue weighted by atomic mass is 32.2. The van der Waals surface area contributed by atoms with E-state index in [-0.39, 0.29) is 11.8 Å². The SMILES string of the molecule is CN1C(=O)/C(=C\c2ccc(C(=O)NC3CCCCC3)cc2)SC1=S. The number of benzene rings is 1. The van der Waals surface area contributed by atoms with Crippen LogP contribution in [-0.4, -0.2) is 34.1 Å². The van der Waals surface area contributed by atoms with Gasteiger partial charge >= 0.3 is 0 Å². The van der Waals surface area contributed by atoms with Gasteiger partial charge in [-0.3, -0.25) is 14.5 Å². The Kier molecular flexibility index (Phi) is 5.36. The van der Waals surface area contributed by atoms with Crippen molar-refractivity contribution in [3.8, 4) is 0 Å². The van der Waals surface area contributed by atoms with E-state index >= 15 is 0 Å². The Morgan fingerprint density at radius 3 is 2.50 bits per heavy atom. The number of thiocarbonyl (C=S) groups is 1. The molecule has 1 N–H and O–H groups in total. The number of rotatable bonds is 3. The Morgan fingerprint density at radius 2 is 1.92 bits per heavy atom. The minimum atomic E-state index is -0.0795. The topological polar surface area (TPSA) is 49.4 Å². The second-order valence-electron chi connectivity index (χ2n) is 6.17. The molecule has 0 bridgehead atoms. The van der Waals surface area contributed by atoms with Crippen LogP contribution in [0.3, 0.4) is 0 Å². The average molecular weight is 361 g/mol. The van der Waals surface area contributed by atoms with Gasteiger partial charge in [0.15, 0.2) is 0 Å². The first kappa shape index (κ1) is 17.2. The molecule has 0 spiro atoms. The lowest BCUT2D eigenvalue weighted by Crippen LogP contribution is -2.36. The van der Waals surface area contributed by atoms with E-state index in [9.17, 15) is 9.59 Å². The molecule has 1 aromatic carbocycles. The zero-order valence-electron chi connectivity index (χ0n) is 13.6. The van der Waals surface area contributed by atoms with Crippen LogP contribution >= 0.6 is 24.0 Å². The molecule has 0 aromatic heterocycles. The minimum absolute atomic E-state index is 0.0201. The van der Waals surface area contributed by atoms with Crippen LogP contribution in [0.4, 0.5) is 0 Å². The van der Waals surface area contributed by atoms with Crippen LogP contribution in [0, 0.1) is 0 Å². The summed E-state index contributed by atoms with van der Waals surface area (Å²) >= 11 is 6.42. The molecule has 24 heavy (non-hydrogen) atoms. The van der Waals surface area contributed by atoms with Gasteiger partial charge in [0.05, 0.1) is 4.91 Å². The zero-order chi connectivity index (χ0) is 17.1. The van der Waals surface area contributed by atoms with Gasteiger partial charge in [-0.1, -0.05) is 55.4 Å². The van der Waals surface area contributed by atoms with Crippen LogP contribution in [0.5, 0.6) is 0 Å². The van der Waals surface area contributed by atoms with Crippen LogP contribution < -0.4 is 5.32 Å². The molecule has 2 fully saturated rings. The summed E-state index contributed by atoms with van der Waals surface area (Å²) in [5.74, 6) is -0.0996. The average Bonchev–Trinajstić information content (AvgIpc) is 2.83. The van der Waals surface area contributed by atoms with E-state index in [0.717, 1.165) is 18.4 Å². The number of carbonyl (C=O) groups is 2. The van der Waals surface area contributed by atoms with Crippen molar-refractivity contribution >= 4 is 46.2 Å². The molecule has 0 unspecified atom stereocenters. The Morgan fingerprint density at radius 1 is 1.25 bits per heavy atom. The summed E-state index contributed by atoms with van der Waals surface area (Å²) in [6, 6.07) is 7.63. The molecule has 1 aliphatic carbocycles. The van der Waals surface area contributed by atoms with Crippen molar-refractivity contribution in [2.45, 2.75) is 38.1 Å². The van der Waals surface area contributed by atoms with Crippen LogP contribution in [0.1, 0.15) is 48.0 Å². The molecule has 1 aromatic rings. The molecule has 1 aliphatic heterocycles. The third-order valence-corrected chi connectivity index (χ3v) is 5.88. The lowest BCUT2D eigenvalue weighted by Gasteiger charge is -2.22. The number of thioether (sulfide) groups is 1. The van der Waals surface area contributed by atoms with Crippen LogP contribution in [0.2, 0.25) is 0 Å². The van der Waals surface area contributed by atoms with Crippen molar-refractivity contribution in [2.24, 2.45) is 0 Å². The van der Waals surface area contributed by atoms with E-state index in [1.54, 1.807) is 19.2 Å². The van der Waals surface area contributed by atoms with Crippen molar-refractivity contribution in [1.29, 1.82) is 0 Å². The number of amides is 2. The van der Waals surface area contributed by atoms with Gasteiger partial charge in [-0.25, -0.2) is 0 Å². The van der Waals surface area contributed by atoms with E-state index in [2.05, 4.69) is 5.32 Å². The molecular formula is C18H20N2O2S2. The maximum Gasteiger partial charge on any atom is 0.265 e. The summed E-state index contributed by atoms with van der Waals surface area (Å²) in [4.78, 5) is 26.4. The van der Waals surface area contributed by atoms with E-state index < -0.39 is 0 Å². The normalized spacial score (nSPS) is 20.7. The van der Waals surface area contributed by atoms with Gasteiger partial charge in [-0.15, -0.1) is 0 Å². The fraction of sp³-hybridized carbons (Fsp3) is 0.389. The maximum atomic E-state index is 12.3. The number of likely N-dealkylation sites (N-methyl/N-ethyl adjacent to an activating group) is 1. The summed E-state index contributed by atoms with van der Waals surface area (Å²) in [6.45, 7) is 0. The Bertz CT molecular complexity index is 691. The standard InChI is InChI=1S/C18H20N2O2S2/c1-20-17(22)15(24-18(20)23)11-12-7-9-13(10-8-12)16(21)19-14-5-3-2-4-6-14/h7-11,14H,2-6H2,1H3,(H,19,21)/b15-11+. The summed E-state index contributed by atoms with van der Waals surface area (Å²) in [5, 5.41) is 3.11. The van der Waals surface area contributed by atoms with E-state index in [0.29, 0.717) is 20.8 Å². The lowest BCUT2D eigenvalue weighted by molar-refractivity contribution is -0.121. The summed E-state index contributed by atoms with van der Waals surface area (Å²) < 4.78 is 0.565. The van der Waals surface area contributed by atoms with Crippen LogP contribution in [0.15, 0.2) is 29.2 Å². The van der Waals surface area contributed by atoms with Gasteiger partial charge in [0.2, 0.25) is 0 Å². The second-order valence-corrected chi connectivity index (χ2v) is 7.85. The van der Waals surface area contributed by atoms with Crippen LogP contribution in [-0.2, 0) is 4.79 Å². The fourth-order valence-electron chi connectivity index (χ4n) is 2.94. The van der Waals surface area contributed by atoms with Gasteiger partial charge in [0.1, 0.15) is 4.32 Å². The molecule has 2 amide bonds. The maximum absolute atomic E-state index is 12.3. The largest absolute Gasteiger partial charge is 0.349 e. The quantitative estimate of drug-likeness (QED) is 0.661. The summed E-state index contributed by atoms with van der Waals surface area (Å²) in [6.07, 6.45) is 7.61. The van der Waals surface area contributed by atoms with Crippen molar-refractivity contribution in [3.63, 3.8) is 0 Å². The first-order valence-electron chi connectivity index (χ1n) is 8.17. The second kappa shape index (κ2) is 7.49. The highest BCUT2D eigenvalue weighted by molar-refractivity contribution is 8.26. The van der Waals surface area contributed by atoms with Crippen molar-refractivity contribution in [2.75, 3.05) is 7.05 Å². The first-order valence-corrected chi connectivity index (χ1v) is 9.39. The third kappa shape index (κ3) is 3.87. The van der Waals surface area contributed by atoms with Gasteiger partial charge in [0.25, 0.3) is 11.8 Å². The van der Waals surface area contributed by atoms with Crippen molar-refractivity contribution < 1.29 is 9.59 Å². The Labute approximate surface area is 151 Å². The molecule has 6 heteroatoms. The van der Waals surface area contributed by atoms with E-state index in [4.69, 9.17) is 12.2 Å². The number of carbonyl (C=O) groups excluding carboxylic acids is 2. The van der Waals surface area contributed by atoms with Crippen LogP contribution in [0.25, 0.3) is 6.08 Å². The Hall–Kier alpha value is -1.66. The summed E-state index contributed by atoms with van der Waals surface area (Å²) in [7, 11) is 1.68.